The second-order valence-corrected chi connectivity index (χ2v) is 7.01. The van der Waals surface area contributed by atoms with Crippen LogP contribution in [0.1, 0.15) is 15.9 Å². The van der Waals surface area contributed by atoms with Crippen molar-refractivity contribution in [3.05, 3.63) is 74.7 Å². The van der Waals surface area contributed by atoms with Gasteiger partial charge in [0.05, 0.1) is 9.83 Å². The maximum absolute atomic E-state index is 12.5. The number of thioether (sulfide) groups is 1. The summed E-state index contributed by atoms with van der Waals surface area (Å²) in [5.74, 6) is -1.52. The molecule has 2 amide bonds. The van der Waals surface area contributed by atoms with Crippen LogP contribution < -0.4 is 5.43 Å². The predicted octanol–water partition coefficient (Wildman–Crippen LogP) is 2.85. The third kappa shape index (κ3) is 3.96. The fraction of sp³-hybridized carbons (Fsp3) is 0. The van der Waals surface area contributed by atoms with E-state index in [2.05, 4.69) is 5.43 Å². The zero-order valence-electron chi connectivity index (χ0n) is 13.5. The van der Waals surface area contributed by atoms with Gasteiger partial charge in [0.25, 0.3) is 11.8 Å². The number of phenolic OH excluding ortho intramolecular Hbond substituents is 1. The van der Waals surface area contributed by atoms with Crippen molar-refractivity contribution in [2.45, 2.75) is 0 Å². The molecule has 0 atom stereocenters. The van der Waals surface area contributed by atoms with Crippen LogP contribution in [0.25, 0.3) is 6.08 Å². The fourth-order valence-electron chi connectivity index (χ4n) is 2.25. The van der Waals surface area contributed by atoms with E-state index in [1.54, 1.807) is 30.3 Å². The lowest BCUT2D eigenvalue weighted by Gasteiger charge is -2.15. The number of hydrogen-bond donors (Lipinski definition) is 2. The Morgan fingerprint density at radius 1 is 1.26 bits per heavy atom. The molecule has 0 saturated carbocycles. The Kier molecular flexibility index (Phi) is 5.19. The number of hydrogen-bond acceptors (Lipinski definition) is 7. The molecule has 0 bridgehead atoms. The Balaban J connectivity index is 1.82. The van der Waals surface area contributed by atoms with Gasteiger partial charge in [-0.2, -0.15) is 5.01 Å². The molecule has 0 radical (unpaired) electrons. The summed E-state index contributed by atoms with van der Waals surface area (Å²) in [6, 6.07) is 12.1. The number of benzene rings is 2. The van der Waals surface area contributed by atoms with Crippen LogP contribution in [0, 0.1) is 10.1 Å². The average molecular weight is 401 g/mol. The minimum Gasteiger partial charge on any atom is -0.502 e. The zero-order chi connectivity index (χ0) is 19.6. The highest BCUT2D eigenvalue weighted by atomic mass is 32.2. The van der Waals surface area contributed by atoms with Crippen LogP contribution in [0.5, 0.6) is 5.75 Å². The van der Waals surface area contributed by atoms with Crippen LogP contribution in [-0.4, -0.2) is 31.2 Å². The van der Waals surface area contributed by atoms with Crippen molar-refractivity contribution in [1.29, 1.82) is 0 Å². The van der Waals surface area contributed by atoms with Crippen LogP contribution in [0.2, 0.25) is 0 Å². The summed E-state index contributed by atoms with van der Waals surface area (Å²) < 4.78 is 0.129. The lowest BCUT2D eigenvalue weighted by atomic mass is 10.1. The maximum Gasteiger partial charge on any atom is 0.311 e. The second kappa shape index (κ2) is 7.56. The number of rotatable bonds is 4. The van der Waals surface area contributed by atoms with Gasteiger partial charge in [-0.25, -0.2) is 0 Å². The molecule has 2 aromatic carbocycles. The Morgan fingerprint density at radius 3 is 2.63 bits per heavy atom. The monoisotopic (exact) mass is 401 g/mol. The molecule has 10 heteroatoms. The number of nitrogens with zero attached hydrogens (tertiary/aromatic N) is 2. The highest BCUT2D eigenvalue weighted by Gasteiger charge is 2.33. The molecule has 1 fully saturated rings. The minimum absolute atomic E-state index is 0.129. The van der Waals surface area contributed by atoms with Gasteiger partial charge in [0.2, 0.25) is 0 Å². The van der Waals surface area contributed by atoms with Gasteiger partial charge >= 0.3 is 5.69 Å². The number of nitrogens with one attached hydrogen (secondary N) is 1. The maximum atomic E-state index is 12.5. The van der Waals surface area contributed by atoms with E-state index in [4.69, 9.17) is 12.2 Å². The zero-order valence-corrected chi connectivity index (χ0v) is 15.1. The summed E-state index contributed by atoms with van der Waals surface area (Å²) >= 11 is 6.09. The van der Waals surface area contributed by atoms with E-state index in [-0.39, 0.29) is 9.23 Å². The molecule has 0 aliphatic carbocycles. The van der Waals surface area contributed by atoms with Crippen molar-refractivity contribution >= 4 is 51.9 Å². The van der Waals surface area contributed by atoms with Crippen molar-refractivity contribution in [2.24, 2.45) is 0 Å². The van der Waals surface area contributed by atoms with Gasteiger partial charge in [-0.15, -0.1) is 0 Å². The van der Waals surface area contributed by atoms with E-state index >= 15 is 0 Å². The van der Waals surface area contributed by atoms with Crippen LogP contribution in [0.15, 0.2) is 53.4 Å². The molecule has 8 nitrogen and oxygen atoms in total. The molecule has 0 aromatic heterocycles. The SMILES string of the molecule is O=C(NN1C(=O)/C(=C/c2ccc(O)c([N+](=O)[O-])c2)SC1=S)c1ccccc1. The van der Waals surface area contributed by atoms with E-state index in [1.165, 1.54) is 18.2 Å². The van der Waals surface area contributed by atoms with E-state index in [9.17, 15) is 24.8 Å². The molecule has 27 heavy (non-hydrogen) atoms. The first-order valence-corrected chi connectivity index (χ1v) is 8.70. The summed E-state index contributed by atoms with van der Waals surface area (Å²) in [6.07, 6.45) is 1.40. The fourth-order valence-corrected chi connectivity index (χ4v) is 3.43. The molecule has 3 rings (SSSR count). The molecular formula is C17H11N3O5S2. The Morgan fingerprint density at radius 2 is 1.96 bits per heavy atom. The number of carbonyl (C=O) groups is 2. The smallest absolute Gasteiger partial charge is 0.311 e. The normalized spacial score (nSPS) is 15.3. The molecule has 1 saturated heterocycles. The number of aromatic hydroxyl groups is 1. The van der Waals surface area contributed by atoms with Gasteiger partial charge in [-0.05, 0) is 42.1 Å². The Bertz CT molecular complexity index is 991. The number of carbonyl (C=O) groups excluding carboxylic acids is 2. The van der Waals surface area contributed by atoms with E-state index in [0.29, 0.717) is 11.1 Å². The second-order valence-electron chi connectivity index (χ2n) is 5.33. The van der Waals surface area contributed by atoms with Crippen molar-refractivity contribution < 1.29 is 19.6 Å². The lowest BCUT2D eigenvalue weighted by molar-refractivity contribution is -0.385. The molecule has 1 aliphatic heterocycles. The van der Waals surface area contributed by atoms with Gasteiger partial charge in [0, 0.05) is 11.6 Å². The first kappa shape index (κ1) is 18.5. The van der Waals surface area contributed by atoms with Crippen molar-refractivity contribution in [1.82, 2.24) is 10.4 Å². The summed E-state index contributed by atoms with van der Waals surface area (Å²) in [5.41, 5.74) is 2.68. The number of thiocarbonyl (C=S) groups is 1. The van der Waals surface area contributed by atoms with Crippen LogP contribution in [0.3, 0.4) is 0 Å². The number of hydrazine groups is 1. The quantitative estimate of drug-likeness (QED) is 0.350. The van der Waals surface area contributed by atoms with Crippen LogP contribution in [0.4, 0.5) is 5.69 Å². The van der Waals surface area contributed by atoms with Crippen molar-refractivity contribution in [2.75, 3.05) is 0 Å². The van der Waals surface area contributed by atoms with Gasteiger partial charge in [0.1, 0.15) is 0 Å². The van der Waals surface area contributed by atoms with E-state index < -0.39 is 28.2 Å². The topological polar surface area (TPSA) is 113 Å². The number of amides is 2. The molecule has 2 aromatic rings. The minimum atomic E-state index is -0.724. The van der Waals surface area contributed by atoms with E-state index in [1.807, 2.05) is 0 Å². The summed E-state index contributed by atoms with van der Waals surface area (Å²) in [6.45, 7) is 0. The van der Waals surface area contributed by atoms with Crippen LogP contribution >= 0.6 is 24.0 Å². The average Bonchev–Trinajstić information content (AvgIpc) is 2.91. The molecular weight excluding hydrogens is 390 g/mol. The lowest BCUT2D eigenvalue weighted by Crippen LogP contribution is -2.44. The first-order valence-electron chi connectivity index (χ1n) is 7.48. The van der Waals surface area contributed by atoms with Crippen LogP contribution in [-0.2, 0) is 4.79 Å². The molecule has 2 N–H and O–H groups in total. The van der Waals surface area contributed by atoms with E-state index in [0.717, 1.165) is 22.8 Å². The number of nitro benzene ring substituents is 1. The molecule has 1 aliphatic rings. The van der Waals surface area contributed by atoms with Gasteiger partial charge in [-0.3, -0.25) is 25.1 Å². The highest BCUT2D eigenvalue weighted by Crippen LogP contribution is 2.33. The summed E-state index contributed by atoms with van der Waals surface area (Å²) in [4.78, 5) is 35.1. The molecule has 136 valence electrons. The van der Waals surface area contributed by atoms with Crippen molar-refractivity contribution in [3.63, 3.8) is 0 Å². The third-order valence-corrected chi connectivity index (χ3v) is 4.84. The predicted molar refractivity (Wildman–Crippen MR) is 104 cm³/mol. The molecule has 1 heterocycles. The Hall–Kier alpha value is -3.24. The summed E-state index contributed by atoms with van der Waals surface area (Å²) in [5, 5.41) is 21.4. The number of phenols is 1. The van der Waals surface area contributed by atoms with Crippen molar-refractivity contribution in [3.8, 4) is 5.75 Å². The highest BCUT2D eigenvalue weighted by molar-refractivity contribution is 8.26. The standard InChI is InChI=1S/C17H11N3O5S2/c21-13-7-6-10(8-12(13)20(24)25)9-14-16(23)19(17(26)27-14)18-15(22)11-4-2-1-3-5-11/h1-9,21H,(H,18,22)/b14-9-. The van der Waals surface area contributed by atoms with Gasteiger partial charge in [0.15, 0.2) is 10.1 Å². The largest absolute Gasteiger partial charge is 0.502 e. The third-order valence-electron chi connectivity index (χ3n) is 3.54. The number of nitro groups is 1. The Labute approximate surface area is 162 Å². The first-order chi connectivity index (χ1) is 12.9. The summed E-state index contributed by atoms with van der Waals surface area (Å²) in [7, 11) is 0. The molecule has 0 spiro atoms. The van der Waals surface area contributed by atoms with Gasteiger partial charge in [-0.1, -0.05) is 36.0 Å². The molecule has 0 unspecified atom stereocenters. The van der Waals surface area contributed by atoms with Gasteiger partial charge < -0.3 is 5.11 Å².